The van der Waals surface area contributed by atoms with Crippen LogP contribution in [0.15, 0.2) is 84.9 Å². The molecule has 2 bridgehead atoms. The fraction of sp³-hybridized carbons (Fsp3) is 0.288. The van der Waals surface area contributed by atoms with Gasteiger partial charge in [-0.2, -0.15) is 0 Å². The molecule has 3 aliphatic carbocycles. The summed E-state index contributed by atoms with van der Waals surface area (Å²) in [7, 11) is 0. The van der Waals surface area contributed by atoms with Crippen LogP contribution in [0.25, 0.3) is 82.5 Å². The number of rotatable bonds is 1. The van der Waals surface area contributed by atoms with Crippen LogP contribution in [-0.2, 0) is 5.41 Å². The summed E-state index contributed by atoms with van der Waals surface area (Å²) < 4.78 is 8.55. The smallest absolute Gasteiger partial charge is 0.252 e. The standard InChI is InChI=1S/C59H51B2N3/c1-28-9-13-47-37(15-28)39-17-30(3)21-43-52(39)62(47)56-49(59(8)26-35-11-12-36(27-59)34(7)25-35)57-51-58-50(56)60(43)45-23-32(5)19-41-42-20-33(6)24-46(55(42)64(58)54(41)45)61(51)44-22-31(4)18-40-38-16-29(2)10-14-48(38)63(57)53(40)44/h9-10,13-24,34-36H,11-12,25-27H2,1-8H3. The predicted molar refractivity (Wildman–Crippen MR) is 274 cm³/mol. The molecule has 3 aromatic heterocycles. The molecule has 308 valence electrons. The van der Waals surface area contributed by atoms with Crippen molar-refractivity contribution < 1.29 is 0 Å². The topological polar surface area (TPSA) is 14.8 Å². The lowest BCUT2D eigenvalue weighted by atomic mass is 9.29. The van der Waals surface area contributed by atoms with Crippen molar-refractivity contribution in [2.45, 2.75) is 92.9 Å². The molecule has 64 heavy (non-hydrogen) atoms. The van der Waals surface area contributed by atoms with E-state index >= 15 is 0 Å². The lowest BCUT2D eigenvalue weighted by Gasteiger charge is -2.46. The number of hydrogen-bond acceptors (Lipinski definition) is 0. The number of aromatic nitrogens is 3. The van der Waals surface area contributed by atoms with E-state index in [1.807, 2.05) is 0 Å². The molecule has 3 saturated carbocycles. The quantitative estimate of drug-likeness (QED) is 0.147. The second-order valence-electron chi connectivity index (χ2n) is 22.5. The van der Waals surface area contributed by atoms with Crippen molar-refractivity contribution in [3.63, 3.8) is 0 Å². The second-order valence-corrected chi connectivity index (χ2v) is 22.5. The van der Waals surface area contributed by atoms with E-state index in [2.05, 4.69) is 154 Å². The Labute approximate surface area is 375 Å². The van der Waals surface area contributed by atoms with E-state index in [4.69, 9.17) is 0 Å². The number of nitrogens with zero attached hydrogens (tertiary/aromatic N) is 3. The van der Waals surface area contributed by atoms with Gasteiger partial charge in [-0.05, 0) is 172 Å². The maximum absolute atomic E-state index is 2.86. The second kappa shape index (κ2) is 11.1. The van der Waals surface area contributed by atoms with Crippen molar-refractivity contribution in [3.05, 3.63) is 124 Å². The van der Waals surface area contributed by atoms with Crippen molar-refractivity contribution in [1.82, 2.24) is 13.7 Å². The summed E-state index contributed by atoms with van der Waals surface area (Å²) in [5, 5.41) is 8.44. The van der Waals surface area contributed by atoms with Crippen molar-refractivity contribution in [3.8, 4) is 17.1 Å². The highest BCUT2D eigenvalue weighted by Crippen LogP contribution is 2.56. The summed E-state index contributed by atoms with van der Waals surface area (Å²) in [4.78, 5) is 0. The third-order valence-corrected chi connectivity index (χ3v) is 18.2. The summed E-state index contributed by atoms with van der Waals surface area (Å²) in [5.41, 5.74) is 31.6. The molecule has 7 aliphatic rings. The Bertz CT molecular complexity index is 3730. The molecule has 0 N–H and O–H groups in total. The molecule has 0 radical (unpaired) electrons. The summed E-state index contributed by atoms with van der Waals surface area (Å²) in [6.45, 7) is 19.5. The fourth-order valence-corrected chi connectivity index (χ4v) is 16.2. The Kier molecular flexibility index (Phi) is 6.15. The van der Waals surface area contributed by atoms with Gasteiger partial charge in [0, 0.05) is 77.0 Å². The summed E-state index contributed by atoms with van der Waals surface area (Å²) in [6.07, 6.45) is 6.58. The van der Waals surface area contributed by atoms with Gasteiger partial charge in [-0.25, -0.2) is 0 Å². The van der Waals surface area contributed by atoms with E-state index in [1.165, 1.54) is 170 Å². The van der Waals surface area contributed by atoms with Gasteiger partial charge in [0.25, 0.3) is 13.4 Å². The average molecular weight is 824 g/mol. The van der Waals surface area contributed by atoms with E-state index in [1.54, 1.807) is 16.5 Å². The predicted octanol–water partition coefficient (Wildman–Crippen LogP) is 10.2. The molecule has 17 rings (SSSR count). The van der Waals surface area contributed by atoms with Gasteiger partial charge in [0.15, 0.2) is 0 Å². The van der Waals surface area contributed by atoms with Gasteiger partial charge in [-0.15, -0.1) is 0 Å². The Morgan fingerprint density at radius 2 is 0.891 bits per heavy atom. The lowest BCUT2D eigenvalue weighted by molar-refractivity contribution is 0.218. The number of fused-ring (bicyclic) bond motifs is 17. The first-order valence-corrected chi connectivity index (χ1v) is 24.4. The molecule has 4 aliphatic heterocycles. The number of hydrogen-bond donors (Lipinski definition) is 0. The summed E-state index contributed by atoms with van der Waals surface area (Å²) >= 11 is 0. The maximum Gasteiger partial charge on any atom is 0.252 e. The molecule has 7 aromatic carbocycles. The average Bonchev–Trinajstić information content (AvgIpc) is 3.78. The van der Waals surface area contributed by atoms with Crippen LogP contribution in [0.4, 0.5) is 0 Å². The zero-order chi connectivity index (χ0) is 42.7. The minimum Gasteiger partial charge on any atom is -0.311 e. The van der Waals surface area contributed by atoms with Crippen LogP contribution in [0.5, 0.6) is 0 Å². The maximum atomic E-state index is 2.86. The molecule has 3 nitrogen and oxygen atoms in total. The van der Waals surface area contributed by atoms with Gasteiger partial charge in [0.1, 0.15) is 0 Å². The molecule has 10 aromatic rings. The van der Waals surface area contributed by atoms with E-state index in [-0.39, 0.29) is 18.8 Å². The summed E-state index contributed by atoms with van der Waals surface area (Å²) in [5.74, 6) is 2.22. The van der Waals surface area contributed by atoms with Crippen LogP contribution in [-0.4, -0.2) is 27.1 Å². The zero-order valence-corrected chi connectivity index (χ0v) is 38.3. The SMILES string of the molecule is Cc1ccc2c(c1)c1cc(C)cc3c1n2-c1c2c4c5c(c1C1(C)CC6CCC(C1)C(C)C6)-n1c6ccc(C)cc6c6cc(C)cc(c61)B5c1cc(C)cc5c6cc(C)cc(c6n-4c15)B23. The van der Waals surface area contributed by atoms with E-state index in [0.29, 0.717) is 0 Å². The zero-order valence-electron chi connectivity index (χ0n) is 38.3. The monoisotopic (exact) mass is 823 g/mol. The molecule has 3 fully saturated rings. The molecule has 0 spiro atoms. The van der Waals surface area contributed by atoms with Crippen LogP contribution in [0, 0.1) is 59.3 Å². The third kappa shape index (κ3) is 3.89. The Morgan fingerprint density at radius 1 is 0.469 bits per heavy atom. The van der Waals surface area contributed by atoms with E-state index < -0.39 is 0 Å². The Hall–Kier alpha value is -5.93. The van der Waals surface area contributed by atoms with Gasteiger partial charge < -0.3 is 13.7 Å². The van der Waals surface area contributed by atoms with Gasteiger partial charge in [0.05, 0.1) is 11.0 Å². The van der Waals surface area contributed by atoms with Crippen LogP contribution >= 0.6 is 0 Å². The van der Waals surface area contributed by atoms with Crippen LogP contribution in [0.1, 0.15) is 84.9 Å². The Balaban J connectivity index is 1.24. The van der Waals surface area contributed by atoms with Crippen molar-refractivity contribution >= 4 is 112 Å². The first-order valence-electron chi connectivity index (χ1n) is 24.4. The molecule has 7 heterocycles. The fourth-order valence-electron chi connectivity index (χ4n) is 16.2. The normalized spacial score (nSPS) is 21.9. The van der Waals surface area contributed by atoms with Crippen molar-refractivity contribution in [2.24, 2.45) is 17.8 Å². The van der Waals surface area contributed by atoms with Gasteiger partial charge >= 0.3 is 0 Å². The van der Waals surface area contributed by atoms with Crippen molar-refractivity contribution in [1.29, 1.82) is 0 Å². The molecule has 0 amide bonds. The first kappa shape index (κ1) is 35.4. The van der Waals surface area contributed by atoms with Crippen LogP contribution in [0.2, 0.25) is 0 Å². The Morgan fingerprint density at radius 3 is 1.34 bits per heavy atom. The van der Waals surface area contributed by atoms with Crippen molar-refractivity contribution in [2.75, 3.05) is 0 Å². The molecule has 4 atom stereocenters. The number of benzene rings is 7. The van der Waals surface area contributed by atoms with Crippen LogP contribution < -0.4 is 32.8 Å². The highest BCUT2D eigenvalue weighted by Gasteiger charge is 2.54. The third-order valence-electron chi connectivity index (χ3n) is 18.2. The first-order chi connectivity index (χ1) is 31.0. The number of aryl methyl sites for hydroxylation is 6. The largest absolute Gasteiger partial charge is 0.311 e. The van der Waals surface area contributed by atoms with Gasteiger partial charge in [0.2, 0.25) is 0 Å². The molecular formula is C59H51B2N3. The minimum absolute atomic E-state index is 0.0470. The van der Waals surface area contributed by atoms with E-state index in [0.717, 1.165) is 17.8 Å². The minimum atomic E-state index is -0.0470. The molecule has 4 unspecified atom stereocenters. The molecular weight excluding hydrogens is 772 g/mol. The molecule has 0 saturated heterocycles. The van der Waals surface area contributed by atoms with Gasteiger partial charge in [-0.1, -0.05) is 90.0 Å². The highest BCUT2D eigenvalue weighted by atomic mass is 15.1. The van der Waals surface area contributed by atoms with E-state index in [9.17, 15) is 0 Å². The molecule has 5 heteroatoms. The van der Waals surface area contributed by atoms with Crippen LogP contribution in [0.3, 0.4) is 0 Å². The van der Waals surface area contributed by atoms with Gasteiger partial charge in [-0.3, -0.25) is 0 Å². The highest BCUT2D eigenvalue weighted by molar-refractivity contribution is 7.04. The summed E-state index contributed by atoms with van der Waals surface area (Å²) in [6, 6.07) is 35.1. The lowest BCUT2D eigenvalue weighted by Crippen LogP contribution is -2.67.